The number of benzene rings is 1. The number of aromatic nitrogens is 1. The van der Waals surface area contributed by atoms with Crippen molar-refractivity contribution in [2.75, 3.05) is 25.2 Å². The smallest absolute Gasteiger partial charge is 0.280 e. The normalized spacial score (nSPS) is 13.7. The van der Waals surface area contributed by atoms with Gasteiger partial charge in [-0.25, -0.2) is 4.98 Å². The van der Waals surface area contributed by atoms with Crippen LogP contribution in [0.25, 0.3) is 0 Å². The van der Waals surface area contributed by atoms with E-state index in [1.807, 2.05) is 19.9 Å². The fraction of sp³-hybridized carbons (Fsp3) is 0.375. The summed E-state index contributed by atoms with van der Waals surface area (Å²) in [4.78, 5) is 18.6. The predicted molar refractivity (Wildman–Crippen MR) is 80.8 cm³/mol. The van der Waals surface area contributed by atoms with Gasteiger partial charge in [0, 0.05) is 12.0 Å². The van der Waals surface area contributed by atoms with E-state index >= 15 is 0 Å². The van der Waals surface area contributed by atoms with Gasteiger partial charge in [-0.2, -0.15) is 0 Å². The van der Waals surface area contributed by atoms with E-state index in [2.05, 4.69) is 4.98 Å². The quantitative estimate of drug-likeness (QED) is 0.872. The van der Waals surface area contributed by atoms with Crippen LogP contribution in [0.4, 0.5) is 5.69 Å². The average molecular weight is 302 g/mol. The topological polar surface area (TPSA) is 64.8 Å². The number of rotatable bonds is 3. The molecule has 22 heavy (non-hydrogen) atoms. The molecular weight excluding hydrogens is 284 g/mol. The molecule has 1 aliphatic heterocycles. The van der Waals surface area contributed by atoms with E-state index in [0.717, 1.165) is 0 Å². The van der Waals surface area contributed by atoms with Crippen molar-refractivity contribution in [3.05, 3.63) is 36.0 Å². The van der Waals surface area contributed by atoms with Gasteiger partial charge >= 0.3 is 0 Å². The van der Waals surface area contributed by atoms with Crippen LogP contribution in [0.3, 0.4) is 0 Å². The minimum atomic E-state index is -0.185. The Labute approximate surface area is 128 Å². The lowest BCUT2D eigenvalue weighted by Crippen LogP contribution is -2.38. The zero-order valence-corrected chi connectivity index (χ0v) is 12.8. The lowest BCUT2D eigenvalue weighted by atomic mass is 10.1. The number of carbonyl (C=O) groups is 1. The van der Waals surface area contributed by atoms with Crippen molar-refractivity contribution < 1.29 is 18.7 Å². The van der Waals surface area contributed by atoms with Crippen LogP contribution in [0, 0.1) is 0 Å². The molecule has 2 aromatic rings. The van der Waals surface area contributed by atoms with Gasteiger partial charge in [-0.1, -0.05) is 13.8 Å². The number of amides is 1. The number of hydrogen-bond donors (Lipinski definition) is 0. The van der Waals surface area contributed by atoms with Crippen LogP contribution in [0.15, 0.2) is 29.0 Å². The Hall–Kier alpha value is -2.50. The Bertz CT molecular complexity index is 693. The van der Waals surface area contributed by atoms with Crippen molar-refractivity contribution in [2.45, 2.75) is 19.8 Å². The standard InChI is InChI=1S/C16H18N2O4/c1-10(2)15-14(17-9-22-15)16(19)18-6-7-21-13-5-4-11(20-3)8-12(13)18/h4-5,8-10H,6-7H2,1-3H3. The van der Waals surface area contributed by atoms with Gasteiger partial charge in [-0.15, -0.1) is 0 Å². The average Bonchev–Trinajstić information content (AvgIpc) is 3.03. The van der Waals surface area contributed by atoms with Gasteiger partial charge in [0.2, 0.25) is 0 Å². The van der Waals surface area contributed by atoms with Gasteiger partial charge < -0.3 is 13.9 Å². The van der Waals surface area contributed by atoms with Crippen LogP contribution < -0.4 is 14.4 Å². The number of oxazole rings is 1. The Kier molecular flexibility index (Phi) is 3.75. The maximum atomic E-state index is 12.9. The molecule has 1 aromatic heterocycles. The van der Waals surface area contributed by atoms with Crippen molar-refractivity contribution >= 4 is 11.6 Å². The molecule has 0 bridgehead atoms. The molecule has 0 spiro atoms. The number of methoxy groups -OCH3 is 1. The second-order valence-corrected chi connectivity index (χ2v) is 5.36. The molecule has 116 valence electrons. The van der Waals surface area contributed by atoms with Crippen LogP contribution in [0.5, 0.6) is 11.5 Å². The summed E-state index contributed by atoms with van der Waals surface area (Å²) in [6, 6.07) is 5.41. The molecule has 0 unspecified atom stereocenters. The number of carbonyl (C=O) groups excluding carboxylic acids is 1. The Morgan fingerprint density at radius 2 is 2.23 bits per heavy atom. The first kappa shape index (κ1) is 14.4. The summed E-state index contributed by atoms with van der Waals surface area (Å²) in [7, 11) is 1.59. The largest absolute Gasteiger partial charge is 0.497 e. The molecule has 1 aliphatic rings. The van der Waals surface area contributed by atoms with E-state index in [4.69, 9.17) is 13.9 Å². The number of hydrogen-bond acceptors (Lipinski definition) is 5. The third kappa shape index (κ3) is 2.41. The summed E-state index contributed by atoms with van der Waals surface area (Å²) in [6.45, 7) is 4.84. The van der Waals surface area contributed by atoms with Crippen molar-refractivity contribution in [2.24, 2.45) is 0 Å². The number of ether oxygens (including phenoxy) is 2. The predicted octanol–water partition coefficient (Wildman–Crippen LogP) is 2.85. The van der Waals surface area contributed by atoms with Crippen molar-refractivity contribution in [3.63, 3.8) is 0 Å². The molecule has 6 nitrogen and oxygen atoms in total. The van der Waals surface area contributed by atoms with Crippen LogP contribution in [-0.2, 0) is 0 Å². The lowest BCUT2D eigenvalue weighted by molar-refractivity contribution is 0.0970. The molecule has 0 saturated heterocycles. The van der Waals surface area contributed by atoms with E-state index in [0.29, 0.717) is 41.8 Å². The molecule has 0 atom stereocenters. The minimum absolute atomic E-state index is 0.0901. The van der Waals surface area contributed by atoms with Gasteiger partial charge in [0.15, 0.2) is 12.1 Å². The maximum Gasteiger partial charge on any atom is 0.280 e. The van der Waals surface area contributed by atoms with E-state index in [9.17, 15) is 4.79 Å². The second-order valence-electron chi connectivity index (χ2n) is 5.36. The Morgan fingerprint density at radius 1 is 1.41 bits per heavy atom. The van der Waals surface area contributed by atoms with Crippen LogP contribution in [-0.4, -0.2) is 31.2 Å². The fourth-order valence-electron chi connectivity index (χ4n) is 2.49. The number of anilines is 1. The summed E-state index contributed by atoms with van der Waals surface area (Å²) in [5.41, 5.74) is 1.04. The molecule has 1 aromatic carbocycles. The highest BCUT2D eigenvalue weighted by Crippen LogP contribution is 2.36. The minimum Gasteiger partial charge on any atom is -0.497 e. The van der Waals surface area contributed by atoms with Crippen molar-refractivity contribution in [1.29, 1.82) is 0 Å². The second kappa shape index (κ2) is 5.71. The molecule has 1 amide bonds. The zero-order valence-electron chi connectivity index (χ0n) is 12.8. The van der Waals surface area contributed by atoms with Crippen LogP contribution >= 0.6 is 0 Å². The number of nitrogens with zero attached hydrogens (tertiary/aromatic N) is 2. The number of fused-ring (bicyclic) bond motifs is 1. The molecule has 0 fully saturated rings. The summed E-state index contributed by atoms with van der Waals surface area (Å²) in [5, 5.41) is 0. The molecule has 2 heterocycles. The first-order valence-corrected chi connectivity index (χ1v) is 7.18. The Morgan fingerprint density at radius 3 is 2.95 bits per heavy atom. The maximum absolute atomic E-state index is 12.9. The van der Waals surface area contributed by atoms with E-state index in [1.165, 1.54) is 6.39 Å². The van der Waals surface area contributed by atoms with Gasteiger partial charge in [-0.05, 0) is 12.1 Å². The summed E-state index contributed by atoms with van der Waals surface area (Å²) in [6.07, 6.45) is 1.31. The van der Waals surface area contributed by atoms with Crippen molar-refractivity contribution in [3.8, 4) is 11.5 Å². The van der Waals surface area contributed by atoms with Crippen LogP contribution in [0.1, 0.15) is 36.0 Å². The summed E-state index contributed by atoms with van der Waals surface area (Å²) < 4.78 is 16.2. The highest BCUT2D eigenvalue weighted by molar-refractivity contribution is 6.06. The molecule has 0 N–H and O–H groups in total. The molecule has 3 rings (SSSR count). The van der Waals surface area contributed by atoms with Gasteiger partial charge in [0.05, 0.1) is 19.3 Å². The third-order valence-corrected chi connectivity index (χ3v) is 3.60. The Balaban J connectivity index is 2.00. The first-order chi connectivity index (χ1) is 10.6. The molecule has 0 aliphatic carbocycles. The van der Waals surface area contributed by atoms with Gasteiger partial charge in [0.25, 0.3) is 5.91 Å². The van der Waals surface area contributed by atoms with Crippen LogP contribution in [0.2, 0.25) is 0 Å². The highest BCUT2D eigenvalue weighted by Gasteiger charge is 2.29. The van der Waals surface area contributed by atoms with Crippen molar-refractivity contribution in [1.82, 2.24) is 4.98 Å². The SMILES string of the molecule is COc1ccc2c(c1)N(C(=O)c1ncoc1C(C)C)CCO2. The monoisotopic (exact) mass is 302 g/mol. The highest BCUT2D eigenvalue weighted by atomic mass is 16.5. The summed E-state index contributed by atoms with van der Waals surface area (Å²) in [5.74, 6) is 1.84. The molecular formula is C16H18N2O4. The molecule has 0 radical (unpaired) electrons. The molecule has 6 heteroatoms. The molecule has 0 saturated carbocycles. The van der Waals surface area contributed by atoms with E-state index in [1.54, 1.807) is 24.1 Å². The summed E-state index contributed by atoms with van der Waals surface area (Å²) >= 11 is 0. The third-order valence-electron chi connectivity index (χ3n) is 3.60. The van der Waals surface area contributed by atoms with E-state index < -0.39 is 0 Å². The zero-order chi connectivity index (χ0) is 15.7. The fourth-order valence-corrected chi connectivity index (χ4v) is 2.49. The lowest BCUT2D eigenvalue weighted by Gasteiger charge is -2.29. The van der Waals surface area contributed by atoms with Gasteiger partial charge in [0.1, 0.15) is 23.9 Å². The van der Waals surface area contributed by atoms with E-state index in [-0.39, 0.29) is 11.8 Å². The van der Waals surface area contributed by atoms with Gasteiger partial charge in [-0.3, -0.25) is 9.69 Å². The first-order valence-electron chi connectivity index (χ1n) is 7.18.